The van der Waals surface area contributed by atoms with Crippen molar-refractivity contribution in [2.45, 2.75) is 19.7 Å². The quantitative estimate of drug-likeness (QED) is 0.709. The highest BCUT2D eigenvalue weighted by Gasteiger charge is 2.10. The lowest BCUT2D eigenvalue weighted by molar-refractivity contribution is -0.122. The first-order valence-corrected chi connectivity index (χ1v) is 7.17. The minimum Gasteiger partial charge on any atom is -0.392 e. The third kappa shape index (κ3) is 3.14. The van der Waals surface area contributed by atoms with Crippen LogP contribution in [0.5, 0.6) is 0 Å². The molecule has 0 saturated carbocycles. The largest absolute Gasteiger partial charge is 0.392 e. The molecule has 0 saturated heterocycles. The molecule has 0 aliphatic heterocycles. The maximum Gasteiger partial charge on any atom is 0.350 e. The van der Waals surface area contributed by atoms with Gasteiger partial charge in [-0.05, 0) is 23.3 Å². The van der Waals surface area contributed by atoms with E-state index in [1.807, 2.05) is 18.2 Å². The first-order valence-electron chi connectivity index (χ1n) is 7.17. The summed E-state index contributed by atoms with van der Waals surface area (Å²) in [6.07, 6.45) is 1.61. The zero-order valence-electron chi connectivity index (χ0n) is 12.3. The second kappa shape index (κ2) is 6.45. The molecule has 0 atom stereocenters. The number of aromatic nitrogens is 3. The number of carbonyl (C=O) groups excluding carboxylic acids is 1. The van der Waals surface area contributed by atoms with Gasteiger partial charge in [-0.25, -0.2) is 9.48 Å². The molecule has 7 nitrogen and oxygen atoms in total. The first kappa shape index (κ1) is 15.0. The van der Waals surface area contributed by atoms with Crippen LogP contribution in [0.2, 0.25) is 0 Å². The highest BCUT2D eigenvalue weighted by atomic mass is 16.3. The lowest BCUT2D eigenvalue weighted by Gasteiger charge is -2.08. The molecule has 7 heteroatoms. The fourth-order valence-electron chi connectivity index (χ4n) is 2.34. The SMILES string of the molecule is O=C(Cn1nc2ccccn2c1=O)NCc1ccccc1CO. The van der Waals surface area contributed by atoms with E-state index in [1.165, 1.54) is 4.40 Å². The molecule has 0 aliphatic carbocycles. The predicted octanol–water partition coefficient (Wildman–Crippen LogP) is 0.305. The summed E-state index contributed by atoms with van der Waals surface area (Å²) < 4.78 is 2.51. The molecule has 1 aromatic carbocycles. The van der Waals surface area contributed by atoms with Crippen molar-refractivity contribution in [1.82, 2.24) is 19.5 Å². The smallest absolute Gasteiger partial charge is 0.350 e. The van der Waals surface area contributed by atoms with Crippen LogP contribution in [-0.4, -0.2) is 25.2 Å². The number of pyridine rings is 1. The number of hydrogen-bond acceptors (Lipinski definition) is 4. The van der Waals surface area contributed by atoms with Gasteiger partial charge in [0.25, 0.3) is 0 Å². The minimum atomic E-state index is -0.355. The third-order valence-electron chi connectivity index (χ3n) is 3.55. The Morgan fingerprint density at radius 3 is 2.61 bits per heavy atom. The molecule has 0 fully saturated rings. The van der Waals surface area contributed by atoms with Crippen LogP contribution in [0, 0.1) is 0 Å². The first-order chi connectivity index (χ1) is 11.2. The number of rotatable bonds is 5. The molecule has 1 amide bonds. The lowest BCUT2D eigenvalue weighted by atomic mass is 10.1. The van der Waals surface area contributed by atoms with E-state index < -0.39 is 0 Å². The van der Waals surface area contributed by atoms with Crippen LogP contribution in [0.3, 0.4) is 0 Å². The molecular weight excluding hydrogens is 296 g/mol. The molecule has 118 valence electrons. The van der Waals surface area contributed by atoms with Gasteiger partial charge in [0.2, 0.25) is 5.91 Å². The minimum absolute atomic E-state index is 0.0854. The molecule has 23 heavy (non-hydrogen) atoms. The van der Waals surface area contributed by atoms with Crippen molar-refractivity contribution in [3.63, 3.8) is 0 Å². The summed E-state index contributed by atoms with van der Waals surface area (Å²) in [4.78, 5) is 24.1. The molecule has 2 N–H and O–H groups in total. The van der Waals surface area contributed by atoms with Crippen molar-refractivity contribution in [2.75, 3.05) is 0 Å². The summed E-state index contributed by atoms with van der Waals surface area (Å²) in [5.74, 6) is -0.316. The van der Waals surface area contributed by atoms with E-state index in [0.29, 0.717) is 5.65 Å². The molecule has 0 spiro atoms. The Kier molecular flexibility index (Phi) is 4.20. The Balaban J connectivity index is 1.69. The summed E-state index contributed by atoms with van der Waals surface area (Å²) in [7, 11) is 0. The number of aliphatic hydroxyl groups excluding tert-OH is 1. The Labute approximate surface area is 131 Å². The third-order valence-corrected chi connectivity index (χ3v) is 3.55. The second-order valence-electron chi connectivity index (χ2n) is 5.07. The molecular formula is C16H16N4O3. The normalized spacial score (nSPS) is 10.8. The zero-order chi connectivity index (χ0) is 16.2. The molecule has 2 heterocycles. The van der Waals surface area contributed by atoms with E-state index in [4.69, 9.17) is 0 Å². The fourth-order valence-corrected chi connectivity index (χ4v) is 2.34. The summed E-state index contributed by atoms with van der Waals surface area (Å²) >= 11 is 0. The monoisotopic (exact) mass is 312 g/mol. The average Bonchev–Trinajstić information content (AvgIpc) is 2.89. The van der Waals surface area contributed by atoms with Crippen LogP contribution in [0.25, 0.3) is 5.65 Å². The summed E-state index contributed by atoms with van der Waals surface area (Å²) in [5, 5.41) is 16.1. The molecule has 0 unspecified atom stereocenters. The van der Waals surface area contributed by atoms with Crippen molar-refractivity contribution in [2.24, 2.45) is 0 Å². The molecule has 3 rings (SSSR count). The second-order valence-corrected chi connectivity index (χ2v) is 5.07. The van der Waals surface area contributed by atoms with E-state index in [1.54, 1.807) is 30.5 Å². The predicted molar refractivity (Wildman–Crippen MR) is 83.7 cm³/mol. The van der Waals surface area contributed by atoms with Gasteiger partial charge < -0.3 is 10.4 Å². The van der Waals surface area contributed by atoms with Crippen LogP contribution in [-0.2, 0) is 24.5 Å². The van der Waals surface area contributed by atoms with Gasteiger partial charge in [-0.1, -0.05) is 30.3 Å². The van der Waals surface area contributed by atoms with E-state index in [2.05, 4.69) is 10.4 Å². The van der Waals surface area contributed by atoms with Crippen molar-refractivity contribution in [3.05, 3.63) is 70.3 Å². The summed E-state index contributed by atoms with van der Waals surface area (Å²) in [6.45, 7) is 0.0530. The van der Waals surface area contributed by atoms with Gasteiger partial charge in [0.1, 0.15) is 6.54 Å². The van der Waals surface area contributed by atoms with Crippen molar-refractivity contribution in [1.29, 1.82) is 0 Å². The van der Waals surface area contributed by atoms with Crippen LogP contribution >= 0.6 is 0 Å². The standard InChI is InChI=1S/C16H16N4O3/c21-11-13-6-2-1-5-12(13)9-17-15(22)10-20-16(23)19-8-4-3-7-14(19)18-20/h1-8,21H,9-11H2,(H,17,22). The van der Waals surface area contributed by atoms with Crippen molar-refractivity contribution < 1.29 is 9.90 Å². The molecule has 0 bridgehead atoms. The van der Waals surface area contributed by atoms with E-state index in [-0.39, 0.29) is 31.3 Å². The van der Waals surface area contributed by atoms with Gasteiger partial charge in [-0.2, -0.15) is 0 Å². The number of benzene rings is 1. The molecule has 3 aromatic rings. The topological polar surface area (TPSA) is 88.6 Å². The van der Waals surface area contributed by atoms with Crippen LogP contribution in [0.1, 0.15) is 11.1 Å². The summed E-state index contributed by atoms with van der Waals surface area (Å²) in [6, 6.07) is 12.5. The highest BCUT2D eigenvalue weighted by molar-refractivity contribution is 5.75. The van der Waals surface area contributed by atoms with Gasteiger partial charge in [0, 0.05) is 12.7 Å². The fraction of sp³-hybridized carbons (Fsp3) is 0.188. The number of nitrogens with zero attached hydrogens (tertiary/aromatic N) is 3. The van der Waals surface area contributed by atoms with Gasteiger partial charge in [-0.3, -0.25) is 9.20 Å². The number of carbonyl (C=O) groups is 1. The van der Waals surface area contributed by atoms with E-state index in [9.17, 15) is 14.7 Å². The molecule has 0 aliphatic rings. The lowest BCUT2D eigenvalue weighted by Crippen LogP contribution is -2.32. The molecule has 0 radical (unpaired) electrons. The van der Waals surface area contributed by atoms with Crippen LogP contribution in [0.4, 0.5) is 0 Å². The number of fused-ring (bicyclic) bond motifs is 1. The van der Waals surface area contributed by atoms with Gasteiger partial charge in [0.05, 0.1) is 6.61 Å². The van der Waals surface area contributed by atoms with Gasteiger partial charge >= 0.3 is 5.69 Å². The number of aliphatic hydroxyl groups is 1. The zero-order valence-corrected chi connectivity index (χ0v) is 12.3. The Morgan fingerprint density at radius 1 is 1.13 bits per heavy atom. The van der Waals surface area contributed by atoms with Gasteiger partial charge in [0.15, 0.2) is 5.65 Å². The van der Waals surface area contributed by atoms with Crippen LogP contribution in [0.15, 0.2) is 53.5 Å². The molecule has 2 aromatic heterocycles. The Hall–Kier alpha value is -2.93. The number of amides is 1. The summed E-state index contributed by atoms with van der Waals surface area (Å²) in [5.41, 5.74) is 1.74. The maximum atomic E-state index is 12.1. The average molecular weight is 312 g/mol. The number of nitrogens with one attached hydrogen (secondary N) is 1. The van der Waals surface area contributed by atoms with E-state index in [0.717, 1.165) is 15.8 Å². The van der Waals surface area contributed by atoms with Crippen LogP contribution < -0.4 is 11.0 Å². The maximum absolute atomic E-state index is 12.1. The van der Waals surface area contributed by atoms with E-state index >= 15 is 0 Å². The Morgan fingerprint density at radius 2 is 1.87 bits per heavy atom. The van der Waals surface area contributed by atoms with Crippen molar-refractivity contribution >= 4 is 11.6 Å². The highest BCUT2D eigenvalue weighted by Crippen LogP contribution is 2.08. The van der Waals surface area contributed by atoms with Crippen molar-refractivity contribution in [3.8, 4) is 0 Å². The van der Waals surface area contributed by atoms with Gasteiger partial charge in [-0.15, -0.1) is 5.10 Å². The Bertz CT molecular complexity index is 897. The number of hydrogen-bond donors (Lipinski definition) is 2.